The Bertz CT molecular complexity index is 1280. The molecule has 0 amide bonds. The number of fused-ring (bicyclic) bond motifs is 1. The molecular formula is C28H26FN3O. The zero-order valence-corrected chi connectivity index (χ0v) is 18.6. The molecule has 1 aliphatic rings. The fourth-order valence-corrected chi connectivity index (χ4v) is 4.73. The Kier molecular flexibility index (Phi) is 5.88. The predicted molar refractivity (Wildman–Crippen MR) is 128 cm³/mol. The van der Waals surface area contributed by atoms with E-state index in [-0.39, 0.29) is 17.4 Å². The normalized spacial score (nSPS) is 13.8. The van der Waals surface area contributed by atoms with Crippen LogP contribution in [0, 0.1) is 12.7 Å². The van der Waals surface area contributed by atoms with Crippen LogP contribution >= 0.6 is 0 Å². The number of halogens is 1. The Morgan fingerprint density at radius 2 is 1.52 bits per heavy atom. The zero-order chi connectivity index (χ0) is 22.8. The summed E-state index contributed by atoms with van der Waals surface area (Å²) in [6.45, 7) is 3.59. The molecule has 2 heterocycles. The van der Waals surface area contributed by atoms with Crippen molar-refractivity contribution in [2.45, 2.75) is 32.5 Å². The van der Waals surface area contributed by atoms with Gasteiger partial charge in [0.05, 0.1) is 17.3 Å². The summed E-state index contributed by atoms with van der Waals surface area (Å²) in [4.78, 5) is 20.9. The van der Waals surface area contributed by atoms with E-state index < -0.39 is 0 Å². The van der Waals surface area contributed by atoms with Gasteiger partial charge in [-0.15, -0.1) is 0 Å². The van der Waals surface area contributed by atoms with Crippen LogP contribution in [0.25, 0.3) is 0 Å². The summed E-state index contributed by atoms with van der Waals surface area (Å²) in [5, 5.41) is 0. The van der Waals surface area contributed by atoms with Crippen molar-refractivity contribution in [3.05, 3.63) is 135 Å². The van der Waals surface area contributed by atoms with Gasteiger partial charge >= 0.3 is 0 Å². The number of benzene rings is 3. The third kappa shape index (κ3) is 4.24. The smallest absolute Gasteiger partial charge is 0.259 e. The van der Waals surface area contributed by atoms with E-state index >= 15 is 0 Å². The quantitative estimate of drug-likeness (QED) is 0.445. The fourth-order valence-electron chi connectivity index (χ4n) is 4.73. The monoisotopic (exact) mass is 439 g/mol. The average molecular weight is 440 g/mol. The van der Waals surface area contributed by atoms with Crippen molar-refractivity contribution in [2.24, 2.45) is 0 Å². The number of aromatic nitrogens is 2. The number of aryl methyl sites for hydroxylation is 1. The molecule has 0 N–H and O–H groups in total. The minimum absolute atomic E-state index is 0.0200. The summed E-state index contributed by atoms with van der Waals surface area (Å²) in [5.74, 6) is 0.495. The Morgan fingerprint density at radius 3 is 2.15 bits per heavy atom. The van der Waals surface area contributed by atoms with Crippen molar-refractivity contribution in [2.75, 3.05) is 6.54 Å². The SMILES string of the molecule is Cc1nc2c(c(=O)n1C(c1ccccc1)c1ccccc1)CN(Cc1ccccc1F)CC2. The first-order valence-electron chi connectivity index (χ1n) is 11.3. The Hall–Kier alpha value is -3.57. The molecule has 0 saturated heterocycles. The molecule has 33 heavy (non-hydrogen) atoms. The van der Waals surface area contributed by atoms with Gasteiger partial charge in [0.1, 0.15) is 11.6 Å². The van der Waals surface area contributed by atoms with Crippen LogP contribution in [0.5, 0.6) is 0 Å². The van der Waals surface area contributed by atoms with E-state index in [9.17, 15) is 9.18 Å². The Morgan fingerprint density at radius 1 is 0.909 bits per heavy atom. The lowest BCUT2D eigenvalue weighted by Crippen LogP contribution is -2.40. The minimum Gasteiger partial charge on any atom is -0.294 e. The van der Waals surface area contributed by atoms with Gasteiger partial charge in [-0.1, -0.05) is 78.9 Å². The summed E-state index contributed by atoms with van der Waals surface area (Å²) in [7, 11) is 0. The van der Waals surface area contributed by atoms with Crippen LogP contribution in [0.2, 0.25) is 0 Å². The highest BCUT2D eigenvalue weighted by atomic mass is 19.1. The van der Waals surface area contributed by atoms with E-state index in [4.69, 9.17) is 4.98 Å². The van der Waals surface area contributed by atoms with Crippen LogP contribution in [0.3, 0.4) is 0 Å². The number of hydrogen-bond donors (Lipinski definition) is 0. The number of rotatable bonds is 5. The molecule has 0 saturated carbocycles. The highest BCUT2D eigenvalue weighted by Crippen LogP contribution is 2.27. The molecule has 5 heteroatoms. The van der Waals surface area contributed by atoms with E-state index in [1.54, 1.807) is 12.1 Å². The zero-order valence-electron chi connectivity index (χ0n) is 18.6. The van der Waals surface area contributed by atoms with E-state index in [1.807, 2.05) is 78.2 Å². The molecule has 0 bridgehead atoms. The molecule has 5 rings (SSSR count). The second-order valence-electron chi connectivity index (χ2n) is 8.54. The van der Waals surface area contributed by atoms with E-state index in [1.165, 1.54) is 6.07 Å². The molecule has 166 valence electrons. The van der Waals surface area contributed by atoms with Crippen molar-refractivity contribution < 1.29 is 4.39 Å². The van der Waals surface area contributed by atoms with Gasteiger partial charge in [0, 0.05) is 31.6 Å². The molecule has 0 aliphatic carbocycles. The molecule has 1 aliphatic heterocycles. The fraction of sp³-hybridized carbons (Fsp3) is 0.214. The maximum Gasteiger partial charge on any atom is 0.259 e. The van der Waals surface area contributed by atoms with Crippen LogP contribution in [0.4, 0.5) is 4.39 Å². The highest BCUT2D eigenvalue weighted by molar-refractivity contribution is 5.35. The molecule has 3 aromatic carbocycles. The van der Waals surface area contributed by atoms with Gasteiger partial charge in [-0.2, -0.15) is 0 Å². The summed E-state index contributed by atoms with van der Waals surface area (Å²) < 4.78 is 16.0. The number of hydrogen-bond acceptors (Lipinski definition) is 3. The molecule has 1 aromatic heterocycles. The number of nitrogens with zero attached hydrogens (tertiary/aromatic N) is 3. The minimum atomic E-state index is -0.264. The summed E-state index contributed by atoms with van der Waals surface area (Å²) in [6.07, 6.45) is 0.683. The molecule has 0 fully saturated rings. The van der Waals surface area contributed by atoms with Crippen LogP contribution in [-0.4, -0.2) is 21.0 Å². The largest absolute Gasteiger partial charge is 0.294 e. The Balaban J connectivity index is 1.57. The van der Waals surface area contributed by atoms with Crippen molar-refractivity contribution in [1.29, 1.82) is 0 Å². The van der Waals surface area contributed by atoms with Crippen molar-refractivity contribution in [3.63, 3.8) is 0 Å². The molecule has 4 nitrogen and oxygen atoms in total. The van der Waals surface area contributed by atoms with Gasteiger partial charge in [-0.3, -0.25) is 14.3 Å². The summed E-state index contributed by atoms with van der Waals surface area (Å²) in [6, 6.07) is 26.7. The third-order valence-corrected chi connectivity index (χ3v) is 6.36. The van der Waals surface area contributed by atoms with E-state index in [2.05, 4.69) is 4.90 Å². The second-order valence-corrected chi connectivity index (χ2v) is 8.54. The first kappa shape index (κ1) is 21.3. The molecule has 0 radical (unpaired) electrons. The lowest BCUT2D eigenvalue weighted by Gasteiger charge is -2.30. The van der Waals surface area contributed by atoms with Gasteiger partial charge in [-0.25, -0.2) is 9.37 Å². The third-order valence-electron chi connectivity index (χ3n) is 6.36. The van der Waals surface area contributed by atoms with Crippen molar-refractivity contribution in [3.8, 4) is 0 Å². The van der Waals surface area contributed by atoms with Gasteiger partial charge < -0.3 is 0 Å². The van der Waals surface area contributed by atoms with Crippen LogP contribution in [0.1, 0.15) is 39.8 Å². The molecular weight excluding hydrogens is 413 g/mol. The Labute approximate surface area is 193 Å². The average Bonchev–Trinajstić information content (AvgIpc) is 2.85. The van der Waals surface area contributed by atoms with Gasteiger partial charge in [0.2, 0.25) is 0 Å². The van der Waals surface area contributed by atoms with Crippen molar-refractivity contribution >= 4 is 0 Å². The van der Waals surface area contributed by atoms with Crippen LogP contribution < -0.4 is 5.56 Å². The van der Waals surface area contributed by atoms with E-state index in [0.29, 0.717) is 36.5 Å². The molecule has 0 unspecified atom stereocenters. The standard InChI is InChI=1S/C28H26FN3O/c1-20-30-26-16-17-31(18-23-14-8-9-15-25(23)29)19-24(26)28(33)32(20)27(21-10-4-2-5-11-21)22-12-6-3-7-13-22/h2-15,27H,16-19H2,1H3. The maximum atomic E-state index is 14.2. The van der Waals surface area contributed by atoms with Crippen LogP contribution in [-0.2, 0) is 19.5 Å². The summed E-state index contributed by atoms with van der Waals surface area (Å²) in [5.41, 5.74) is 4.27. The first-order chi connectivity index (χ1) is 16.1. The lowest BCUT2D eigenvalue weighted by molar-refractivity contribution is 0.237. The van der Waals surface area contributed by atoms with Crippen molar-refractivity contribution in [1.82, 2.24) is 14.5 Å². The van der Waals surface area contributed by atoms with E-state index in [0.717, 1.165) is 23.4 Å². The van der Waals surface area contributed by atoms with Gasteiger partial charge in [0.25, 0.3) is 5.56 Å². The van der Waals surface area contributed by atoms with Gasteiger partial charge in [0.15, 0.2) is 0 Å². The first-order valence-corrected chi connectivity index (χ1v) is 11.3. The second kappa shape index (κ2) is 9.12. The molecule has 0 atom stereocenters. The topological polar surface area (TPSA) is 38.1 Å². The highest BCUT2D eigenvalue weighted by Gasteiger charge is 2.27. The summed E-state index contributed by atoms with van der Waals surface area (Å²) >= 11 is 0. The lowest BCUT2D eigenvalue weighted by atomic mass is 9.97. The van der Waals surface area contributed by atoms with Gasteiger partial charge in [-0.05, 0) is 24.1 Å². The predicted octanol–water partition coefficient (Wildman–Crippen LogP) is 4.89. The van der Waals surface area contributed by atoms with Crippen LogP contribution in [0.15, 0.2) is 89.7 Å². The molecule has 0 spiro atoms. The molecule has 4 aromatic rings. The maximum absolute atomic E-state index is 14.2.